The van der Waals surface area contributed by atoms with Gasteiger partial charge in [0.25, 0.3) is 10.0 Å². The van der Waals surface area contributed by atoms with Crippen LogP contribution in [0.4, 0.5) is 5.69 Å². The number of nitrogens with zero attached hydrogens (tertiary/aromatic N) is 2. The molecule has 0 aliphatic carbocycles. The highest BCUT2D eigenvalue weighted by molar-refractivity contribution is 7.92. The van der Waals surface area contributed by atoms with Crippen LogP contribution in [-0.4, -0.2) is 50.3 Å². The van der Waals surface area contributed by atoms with Crippen molar-refractivity contribution in [2.75, 3.05) is 17.4 Å². The molecule has 2 amide bonds. The summed E-state index contributed by atoms with van der Waals surface area (Å²) >= 11 is 6.01. The standard InChI is InChI=1S/C31H38ClN3O4S/c1-6-24(4)33-31(37)25(5)34(19-18-26-10-8-7-9-11-26)30(36)21-35(28-15-12-22(2)23(3)20-28)40(38,39)29-16-13-27(32)14-17-29/h7-17,20,24-25H,6,18-19,21H2,1-5H3,(H,33,37)/t24-,25+/m1/s1. The first-order chi connectivity index (χ1) is 18.9. The minimum Gasteiger partial charge on any atom is -0.352 e. The number of hydrogen-bond acceptors (Lipinski definition) is 4. The van der Waals surface area contributed by atoms with Crippen molar-refractivity contribution >= 4 is 39.1 Å². The van der Waals surface area contributed by atoms with Crippen LogP contribution in [0.3, 0.4) is 0 Å². The summed E-state index contributed by atoms with van der Waals surface area (Å²) in [5, 5.41) is 3.35. The predicted molar refractivity (Wildman–Crippen MR) is 161 cm³/mol. The van der Waals surface area contributed by atoms with Crippen LogP contribution >= 0.6 is 11.6 Å². The largest absolute Gasteiger partial charge is 0.352 e. The number of rotatable bonds is 12. The van der Waals surface area contributed by atoms with Gasteiger partial charge in [-0.1, -0.05) is 54.9 Å². The van der Waals surface area contributed by atoms with Gasteiger partial charge in [0.1, 0.15) is 12.6 Å². The van der Waals surface area contributed by atoms with Crippen molar-refractivity contribution < 1.29 is 18.0 Å². The second-order valence-electron chi connectivity index (χ2n) is 10.1. The highest BCUT2D eigenvalue weighted by Crippen LogP contribution is 2.27. The number of carbonyl (C=O) groups is 2. The highest BCUT2D eigenvalue weighted by Gasteiger charge is 2.32. The molecular formula is C31H38ClN3O4S. The van der Waals surface area contributed by atoms with Crippen molar-refractivity contribution in [3.8, 4) is 0 Å². The molecule has 7 nitrogen and oxygen atoms in total. The lowest BCUT2D eigenvalue weighted by molar-refractivity contribution is -0.139. The van der Waals surface area contributed by atoms with Crippen LogP contribution in [0.5, 0.6) is 0 Å². The van der Waals surface area contributed by atoms with Gasteiger partial charge in [0.15, 0.2) is 0 Å². The number of amides is 2. The minimum absolute atomic E-state index is 0.0151. The van der Waals surface area contributed by atoms with Crippen molar-refractivity contribution in [3.05, 3.63) is 94.5 Å². The Hall–Kier alpha value is -3.36. The van der Waals surface area contributed by atoms with Gasteiger partial charge >= 0.3 is 0 Å². The van der Waals surface area contributed by atoms with Crippen molar-refractivity contribution in [2.24, 2.45) is 0 Å². The topological polar surface area (TPSA) is 86.8 Å². The molecule has 0 spiro atoms. The molecule has 40 heavy (non-hydrogen) atoms. The molecule has 0 bridgehead atoms. The zero-order valence-corrected chi connectivity index (χ0v) is 25.3. The average molecular weight is 584 g/mol. The monoisotopic (exact) mass is 583 g/mol. The second kappa shape index (κ2) is 13.8. The van der Waals surface area contributed by atoms with Crippen LogP contribution in [-0.2, 0) is 26.0 Å². The van der Waals surface area contributed by atoms with Gasteiger partial charge in [-0.15, -0.1) is 0 Å². The SMILES string of the molecule is CC[C@@H](C)NC(=O)[C@H](C)N(CCc1ccccc1)C(=O)CN(c1ccc(C)c(C)c1)S(=O)(=O)c1ccc(Cl)cc1. The van der Waals surface area contributed by atoms with Crippen molar-refractivity contribution in [3.63, 3.8) is 0 Å². The van der Waals surface area contributed by atoms with E-state index in [1.165, 1.54) is 29.2 Å². The normalized spacial score (nSPS) is 12.8. The van der Waals surface area contributed by atoms with E-state index in [1.807, 2.05) is 64.1 Å². The highest BCUT2D eigenvalue weighted by atomic mass is 35.5. The first-order valence-electron chi connectivity index (χ1n) is 13.4. The molecular weight excluding hydrogens is 546 g/mol. The Bertz CT molecular complexity index is 1410. The Morgan fingerprint density at radius 1 is 0.925 bits per heavy atom. The zero-order chi connectivity index (χ0) is 29.4. The summed E-state index contributed by atoms with van der Waals surface area (Å²) in [5.41, 5.74) is 3.27. The number of benzene rings is 3. The van der Waals surface area contributed by atoms with Crippen molar-refractivity contribution in [1.82, 2.24) is 10.2 Å². The third-order valence-electron chi connectivity index (χ3n) is 7.11. The van der Waals surface area contributed by atoms with E-state index in [2.05, 4.69) is 5.32 Å². The molecule has 0 fully saturated rings. The maximum absolute atomic E-state index is 14.0. The molecule has 0 aliphatic rings. The fourth-order valence-corrected chi connectivity index (χ4v) is 5.71. The van der Waals surface area contributed by atoms with Crippen LogP contribution in [0.25, 0.3) is 0 Å². The van der Waals surface area contributed by atoms with Crippen LogP contribution in [0.15, 0.2) is 77.7 Å². The molecule has 2 atom stereocenters. The third-order valence-corrected chi connectivity index (χ3v) is 9.15. The van der Waals surface area contributed by atoms with Gasteiger partial charge in [0, 0.05) is 17.6 Å². The summed E-state index contributed by atoms with van der Waals surface area (Å²) in [7, 11) is -4.14. The van der Waals surface area contributed by atoms with Crippen LogP contribution in [0.2, 0.25) is 5.02 Å². The molecule has 0 radical (unpaired) electrons. The summed E-state index contributed by atoms with van der Waals surface area (Å²) in [5.74, 6) is -0.757. The van der Waals surface area contributed by atoms with Crippen LogP contribution in [0, 0.1) is 13.8 Å². The third kappa shape index (κ3) is 7.86. The molecule has 3 aromatic carbocycles. The fourth-order valence-electron chi connectivity index (χ4n) is 4.18. The van der Waals surface area contributed by atoms with Crippen molar-refractivity contribution in [2.45, 2.75) is 64.4 Å². The lowest BCUT2D eigenvalue weighted by atomic mass is 10.1. The van der Waals surface area contributed by atoms with Crippen LogP contribution in [0.1, 0.15) is 43.9 Å². The van der Waals surface area contributed by atoms with Gasteiger partial charge in [-0.3, -0.25) is 13.9 Å². The minimum atomic E-state index is -4.14. The smallest absolute Gasteiger partial charge is 0.264 e. The number of carbonyl (C=O) groups excluding carboxylic acids is 2. The van der Waals surface area contributed by atoms with E-state index in [1.54, 1.807) is 19.1 Å². The molecule has 0 aromatic heterocycles. The molecule has 0 aliphatic heterocycles. The Balaban J connectivity index is 2.00. The lowest BCUT2D eigenvalue weighted by Crippen LogP contribution is -2.53. The number of halogens is 1. The van der Waals surface area contributed by atoms with E-state index in [0.717, 1.165) is 27.4 Å². The molecule has 9 heteroatoms. The van der Waals surface area contributed by atoms with Crippen molar-refractivity contribution in [1.29, 1.82) is 0 Å². The summed E-state index contributed by atoms with van der Waals surface area (Å²) in [6.07, 6.45) is 1.26. The van der Waals surface area contributed by atoms with E-state index >= 15 is 0 Å². The maximum atomic E-state index is 14.0. The Kier molecular flexibility index (Phi) is 10.8. The molecule has 1 N–H and O–H groups in total. The molecule has 214 valence electrons. The van der Waals surface area contributed by atoms with E-state index in [9.17, 15) is 18.0 Å². The number of hydrogen-bond donors (Lipinski definition) is 1. The first kappa shape index (κ1) is 31.2. The number of aryl methyl sites for hydroxylation is 2. The van der Waals surface area contributed by atoms with E-state index in [0.29, 0.717) is 17.1 Å². The quantitative estimate of drug-likeness (QED) is 0.304. The molecule has 0 saturated carbocycles. The molecule has 3 rings (SSSR count). The molecule has 0 saturated heterocycles. The van der Waals surface area contributed by atoms with Gasteiger partial charge in [-0.25, -0.2) is 8.42 Å². The predicted octanol–water partition coefficient (Wildman–Crippen LogP) is 5.53. The van der Waals surface area contributed by atoms with E-state index in [4.69, 9.17) is 11.6 Å². The fraction of sp³-hybridized carbons (Fsp3) is 0.355. The van der Waals surface area contributed by atoms with Gasteiger partial charge < -0.3 is 10.2 Å². The summed E-state index contributed by atoms with van der Waals surface area (Å²) in [6, 6.07) is 19.9. The zero-order valence-electron chi connectivity index (χ0n) is 23.7. The first-order valence-corrected chi connectivity index (χ1v) is 15.2. The molecule has 0 unspecified atom stereocenters. The average Bonchev–Trinajstić information content (AvgIpc) is 2.93. The van der Waals surface area contributed by atoms with Gasteiger partial charge in [-0.05, 0) is 93.6 Å². The Morgan fingerprint density at radius 2 is 1.57 bits per heavy atom. The maximum Gasteiger partial charge on any atom is 0.264 e. The number of anilines is 1. The van der Waals surface area contributed by atoms with E-state index < -0.39 is 28.5 Å². The van der Waals surface area contributed by atoms with Crippen LogP contribution < -0.4 is 9.62 Å². The number of nitrogens with one attached hydrogen (secondary N) is 1. The second-order valence-corrected chi connectivity index (χ2v) is 12.3. The molecule has 0 heterocycles. The lowest BCUT2D eigenvalue weighted by Gasteiger charge is -2.32. The Morgan fingerprint density at radius 3 is 2.17 bits per heavy atom. The summed E-state index contributed by atoms with van der Waals surface area (Å²) in [4.78, 5) is 28.5. The summed E-state index contributed by atoms with van der Waals surface area (Å²) < 4.78 is 28.9. The Labute approximate surface area is 243 Å². The molecule has 3 aromatic rings. The number of sulfonamides is 1. The van der Waals surface area contributed by atoms with E-state index in [-0.39, 0.29) is 23.4 Å². The van der Waals surface area contributed by atoms with Gasteiger partial charge in [0.2, 0.25) is 11.8 Å². The summed E-state index contributed by atoms with van der Waals surface area (Å²) in [6.45, 7) is 9.15. The van der Waals surface area contributed by atoms with Gasteiger partial charge in [0.05, 0.1) is 10.6 Å². The van der Waals surface area contributed by atoms with Gasteiger partial charge in [-0.2, -0.15) is 0 Å².